The number of likely N-dealkylation sites (N-methyl/N-ethyl adjacent to an activating group) is 1. The van der Waals surface area contributed by atoms with E-state index in [-0.39, 0.29) is 10.6 Å². The van der Waals surface area contributed by atoms with Crippen molar-refractivity contribution in [3.8, 4) is 0 Å². The van der Waals surface area contributed by atoms with Crippen molar-refractivity contribution in [2.45, 2.75) is 20.4 Å². The molecule has 0 heterocycles. The van der Waals surface area contributed by atoms with E-state index in [0.29, 0.717) is 12.3 Å². The molecule has 1 N–H and O–H groups in total. The largest absolute Gasteiger partial charge is 0.383 e. The maximum Gasteiger partial charge on any atom is 0.292 e. The summed E-state index contributed by atoms with van der Waals surface area (Å²) in [5.41, 5.74) is 1.71. The van der Waals surface area contributed by atoms with Crippen LogP contribution in [-0.4, -0.2) is 43.2 Å². The molecular weight excluding hydrogens is 258 g/mol. The SMILES string of the molecule is CCOCCN(CC)Cc1ccc([N+](=O)[O-])c(NC)c1. The topological polar surface area (TPSA) is 67.6 Å². The highest BCUT2D eigenvalue weighted by Crippen LogP contribution is 2.25. The van der Waals surface area contributed by atoms with Gasteiger partial charge in [-0.25, -0.2) is 0 Å². The summed E-state index contributed by atoms with van der Waals surface area (Å²) in [6.45, 7) is 8.03. The first-order chi connectivity index (χ1) is 9.62. The average molecular weight is 281 g/mol. The van der Waals surface area contributed by atoms with Gasteiger partial charge in [0.25, 0.3) is 5.69 Å². The summed E-state index contributed by atoms with van der Waals surface area (Å²) in [6.07, 6.45) is 0. The van der Waals surface area contributed by atoms with E-state index in [1.807, 2.05) is 19.1 Å². The Morgan fingerprint density at radius 1 is 1.40 bits per heavy atom. The third-order valence-corrected chi connectivity index (χ3v) is 3.14. The maximum atomic E-state index is 10.9. The van der Waals surface area contributed by atoms with Crippen molar-refractivity contribution < 1.29 is 9.66 Å². The van der Waals surface area contributed by atoms with Crippen LogP contribution >= 0.6 is 0 Å². The van der Waals surface area contributed by atoms with Crippen LogP contribution in [0.5, 0.6) is 0 Å². The molecule has 0 aliphatic rings. The Morgan fingerprint density at radius 2 is 2.15 bits per heavy atom. The lowest BCUT2D eigenvalue weighted by molar-refractivity contribution is -0.384. The Balaban J connectivity index is 2.73. The maximum absolute atomic E-state index is 10.9. The lowest BCUT2D eigenvalue weighted by atomic mass is 10.1. The van der Waals surface area contributed by atoms with Crippen LogP contribution in [0.2, 0.25) is 0 Å². The van der Waals surface area contributed by atoms with Crippen molar-refractivity contribution in [3.05, 3.63) is 33.9 Å². The fourth-order valence-corrected chi connectivity index (χ4v) is 1.99. The number of nitrogens with zero attached hydrogens (tertiary/aromatic N) is 2. The zero-order valence-electron chi connectivity index (χ0n) is 12.4. The summed E-state index contributed by atoms with van der Waals surface area (Å²) in [6, 6.07) is 5.20. The van der Waals surface area contributed by atoms with Crippen molar-refractivity contribution in [2.24, 2.45) is 0 Å². The summed E-state index contributed by atoms with van der Waals surface area (Å²) in [5.74, 6) is 0. The first kappa shape index (κ1) is 16.4. The molecule has 1 rings (SSSR count). The second-order valence-corrected chi connectivity index (χ2v) is 4.42. The number of nitro benzene ring substituents is 1. The summed E-state index contributed by atoms with van der Waals surface area (Å²) in [7, 11) is 1.69. The van der Waals surface area contributed by atoms with Gasteiger partial charge in [0.05, 0.1) is 11.5 Å². The molecule has 0 atom stereocenters. The van der Waals surface area contributed by atoms with Gasteiger partial charge in [-0.1, -0.05) is 13.0 Å². The molecule has 0 fully saturated rings. The number of nitro groups is 1. The number of benzene rings is 1. The van der Waals surface area contributed by atoms with E-state index in [1.54, 1.807) is 13.1 Å². The lowest BCUT2D eigenvalue weighted by Gasteiger charge is -2.20. The standard InChI is InChI=1S/C14H23N3O3/c1-4-16(8-9-20-5-2)11-12-6-7-14(17(18)19)13(10-12)15-3/h6-7,10,15H,4-5,8-9,11H2,1-3H3. The van der Waals surface area contributed by atoms with E-state index < -0.39 is 0 Å². The van der Waals surface area contributed by atoms with Gasteiger partial charge in [-0.15, -0.1) is 0 Å². The molecule has 112 valence electrons. The summed E-state index contributed by atoms with van der Waals surface area (Å²) >= 11 is 0. The predicted molar refractivity (Wildman–Crippen MR) is 80.1 cm³/mol. The number of rotatable bonds is 9. The molecule has 0 saturated carbocycles. The second-order valence-electron chi connectivity index (χ2n) is 4.42. The fraction of sp³-hybridized carbons (Fsp3) is 0.571. The number of ether oxygens (including phenoxy) is 1. The molecule has 0 aliphatic carbocycles. The van der Waals surface area contributed by atoms with Gasteiger partial charge in [0.1, 0.15) is 5.69 Å². The van der Waals surface area contributed by atoms with E-state index in [2.05, 4.69) is 17.1 Å². The predicted octanol–water partition coefficient (Wildman–Crippen LogP) is 2.49. The molecule has 0 aromatic heterocycles. The number of anilines is 1. The van der Waals surface area contributed by atoms with Crippen molar-refractivity contribution in [3.63, 3.8) is 0 Å². The first-order valence-electron chi connectivity index (χ1n) is 6.87. The van der Waals surface area contributed by atoms with Crippen LogP contribution in [0.15, 0.2) is 18.2 Å². The van der Waals surface area contributed by atoms with Gasteiger partial charge in [0.15, 0.2) is 0 Å². The highest BCUT2D eigenvalue weighted by atomic mass is 16.6. The van der Waals surface area contributed by atoms with Gasteiger partial charge in [-0.3, -0.25) is 15.0 Å². The van der Waals surface area contributed by atoms with Crippen molar-refractivity contribution in [1.29, 1.82) is 0 Å². The molecular formula is C14H23N3O3. The fourth-order valence-electron chi connectivity index (χ4n) is 1.99. The monoisotopic (exact) mass is 281 g/mol. The van der Waals surface area contributed by atoms with E-state index in [0.717, 1.165) is 31.8 Å². The average Bonchev–Trinajstić information content (AvgIpc) is 2.45. The lowest BCUT2D eigenvalue weighted by Crippen LogP contribution is -2.27. The summed E-state index contributed by atoms with van der Waals surface area (Å²) < 4.78 is 5.36. The normalized spacial score (nSPS) is 10.8. The van der Waals surface area contributed by atoms with Crippen LogP contribution in [0, 0.1) is 10.1 Å². The molecule has 0 saturated heterocycles. The van der Waals surface area contributed by atoms with Gasteiger partial charge in [0.2, 0.25) is 0 Å². The zero-order chi connectivity index (χ0) is 15.0. The molecule has 0 spiro atoms. The van der Waals surface area contributed by atoms with Crippen molar-refractivity contribution >= 4 is 11.4 Å². The Kier molecular flexibility index (Phi) is 6.97. The quantitative estimate of drug-likeness (QED) is 0.428. The van der Waals surface area contributed by atoms with Crippen LogP contribution in [0.1, 0.15) is 19.4 Å². The molecule has 6 heteroatoms. The van der Waals surface area contributed by atoms with Crippen LogP contribution in [0.25, 0.3) is 0 Å². The second kappa shape index (κ2) is 8.50. The van der Waals surface area contributed by atoms with Crippen molar-refractivity contribution in [2.75, 3.05) is 38.7 Å². The van der Waals surface area contributed by atoms with E-state index in [1.165, 1.54) is 0 Å². The van der Waals surface area contributed by atoms with E-state index in [4.69, 9.17) is 4.74 Å². The Morgan fingerprint density at radius 3 is 2.70 bits per heavy atom. The molecule has 0 amide bonds. The Bertz CT molecular complexity index is 438. The van der Waals surface area contributed by atoms with Crippen LogP contribution in [0.4, 0.5) is 11.4 Å². The van der Waals surface area contributed by atoms with Gasteiger partial charge in [-0.2, -0.15) is 0 Å². The number of hydrogen-bond donors (Lipinski definition) is 1. The molecule has 0 aliphatic heterocycles. The van der Waals surface area contributed by atoms with E-state index >= 15 is 0 Å². The van der Waals surface area contributed by atoms with Crippen molar-refractivity contribution in [1.82, 2.24) is 4.90 Å². The van der Waals surface area contributed by atoms with E-state index in [9.17, 15) is 10.1 Å². The number of nitrogens with one attached hydrogen (secondary N) is 1. The minimum atomic E-state index is -0.373. The molecule has 0 unspecified atom stereocenters. The van der Waals surface area contributed by atoms with Gasteiger partial charge in [-0.05, 0) is 25.1 Å². The van der Waals surface area contributed by atoms with Crippen LogP contribution in [0.3, 0.4) is 0 Å². The zero-order valence-corrected chi connectivity index (χ0v) is 12.4. The smallest absolute Gasteiger partial charge is 0.292 e. The molecule has 1 aromatic carbocycles. The molecule has 6 nitrogen and oxygen atoms in total. The molecule has 20 heavy (non-hydrogen) atoms. The summed E-state index contributed by atoms with van der Waals surface area (Å²) in [4.78, 5) is 12.8. The number of hydrogen-bond acceptors (Lipinski definition) is 5. The first-order valence-corrected chi connectivity index (χ1v) is 6.87. The van der Waals surface area contributed by atoms with Gasteiger partial charge < -0.3 is 10.1 Å². The molecule has 1 aromatic rings. The highest BCUT2D eigenvalue weighted by molar-refractivity contribution is 5.62. The summed E-state index contributed by atoms with van der Waals surface area (Å²) in [5, 5.41) is 13.8. The highest BCUT2D eigenvalue weighted by Gasteiger charge is 2.13. The van der Waals surface area contributed by atoms with Crippen LogP contribution < -0.4 is 5.32 Å². The minimum absolute atomic E-state index is 0.105. The molecule has 0 radical (unpaired) electrons. The third kappa shape index (κ3) is 4.79. The minimum Gasteiger partial charge on any atom is -0.383 e. The van der Waals surface area contributed by atoms with Crippen LogP contribution in [-0.2, 0) is 11.3 Å². The van der Waals surface area contributed by atoms with Gasteiger partial charge >= 0.3 is 0 Å². The molecule has 0 bridgehead atoms. The van der Waals surface area contributed by atoms with Gasteiger partial charge in [0, 0.05) is 32.8 Å². The Labute approximate surface area is 119 Å². The Hall–Kier alpha value is -1.66. The third-order valence-electron chi connectivity index (χ3n) is 3.14.